The predicted octanol–water partition coefficient (Wildman–Crippen LogP) is 2.89. The van der Waals surface area contributed by atoms with Crippen molar-refractivity contribution in [2.75, 3.05) is 13.1 Å². The average Bonchev–Trinajstić information content (AvgIpc) is 2.73. The number of nitrogens with two attached hydrogens (primary N) is 1. The zero-order chi connectivity index (χ0) is 19.7. The van der Waals surface area contributed by atoms with Gasteiger partial charge in [-0.15, -0.1) is 0 Å². The Morgan fingerprint density at radius 3 is 2.46 bits per heavy atom. The minimum absolute atomic E-state index is 0.0124. The molecule has 1 aliphatic heterocycles. The van der Waals surface area contributed by atoms with Gasteiger partial charge in [0.15, 0.2) is 0 Å². The third-order valence-electron chi connectivity index (χ3n) is 5.17. The number of carbonyl (C=O) groups is 2. The zero-order valence-electron chi connectivity index (χ0n) is 15.1. The monoisotopic (exact) mass is 378 g/mol. The number of hydrogen-bond donors (Lipinski definition) is 1. The van der Waals surface area contributed by atoms with Crippen LogP contribution in [0, 0.1) is 5.82 Å². The summed E-state index contributed by atoms with van der Waals surface area (Å²) in [4.78, 5) is 34.9. The molecule has 2 N–H and O–H groups in total. The van der Waals surface area contributed by atoms with E-state index in [9.17, 15) is 14.0 Å². The molecule has 1 saturated heterocycles. The Hall–Kier alpha value is -3.35. The van der Waals surface area contributed by atoms with Crippen LogP contribution in [0.15, 0.2) is 48.8 Å². The molecule has 1 aliphatic rings. The fourth-order valence-electron chi connectivity index (χ4n) is 3.70. The summed E-state index contributed by atoms with van der Waals surface area (Å²) in [5, 5.41) is 0.544. The largest absolute Gasteiger partial charge is 0.366 e. The predicted molar refractivity (Wildman–Crippen MR) is 102 cm³/mol. The van der Waals surface area contributed by atoms with E-state index in [0.717, 1.165) is 0 Å². The van der Waals surface area contributed by atoms with Crippen molar-refractivity contribution in [2.24, 2.45) is 5.73 Å². The lowest BCUT2D eigenvalue weighted by molar-refractivity contribution is 0.0710. The van der Waals surface area contributed by atoms with Crippen LogP contribution in [0.2, 0.25) is 0 Å². The number of benzene rings is 1. The van der Waals surface area contributed by atoms with Gasteiger partial charge in [0, 0.05) is 42.4 Å². The molecular weight excluding hydrogens is 359 g/mol. The second kappa shape index (κ2) is 7.34. The highest BCUT2D eigenvalue weighted by Crippen LogP contribution is 2.31. The van der Waals surface area contributed by atoms with Crippen molar-refractivity contribution >= 4 is 22.7 Å². The van der Waals surface area contributed by atoms with Crippen molar-refractivity contribution in [1.29, 1.82) is 0 Å². The SMILES string of the molecule is NC(=O)c1cc2cc(F)ccc2nc1C1CCN(C(=O)c2ccncc2)CC1. The Morgan fingerprint density at radius 2 is 1.79 bits per heavy atom. The number of pyridine rings is 2. The first kappa shape index (κ1) is 18.0. The number of rotatable bonds is 3. The molecule has 0 aliphatic carbocycles. The summed E-state index contributed by atoms with van der Waals surface area (Å²) < 4.78 is 13.5. The Bertz CT molecular complexity index is 1050. The minimum atomic E-state index is -0.580. The number of likely N-dealkylation sites (tertiary alicyclic amines) is 1. The van der Waals surface area contributed by atoms with Gasteiger partial charge in [-0.25, -0.2) is 4.39 Å². The van der Waals surface area contributed by atoms with Gasteiger partial charge in [0.05, 0.1) is 16.8 Å². The molecule has 0 atom stereocenters. The lowest BCUT2D eigenvalue weighted by Gasteiger charge is -2.32. The topological polar surface area (TPSA) is 89.2 Å². The minimum Gasteiger partial charge on any atom is -0.366 e. The van der Waals surface area contributed by atoms with Crippen LogP contribution < -0.4 is 5.73 Å². The number of aromatic nitrogens is 2. The van der Waals surface area contributed by atoms with E-state index < -0.39 is 5.91 Å². The fraction of sp³-hybridized carbons (Fsp3) is 0.238. The molecule has 3 aromatic rings. The summed E-state index contributed by atoms with van der Waals surface area (Å²) >= 11 is 0. The Labute approximate surface area is 161 Å². The van der Waals surface area contributed by atoms with Crippen molar-refractivity contribution in [2.45, 2.75) is 18.8 Å². The lowest BCUT2D eigenvalue weighted by atomic mass is 9.89. The van der Waals surface area contributed by atoms with Crippen molar-refractivity contribution in [3.8, 4) is 0 Å². The molecule has 28 heavy (non-hydrogen) atoms. The molecular formula is C21H19FN4O2. The van der Waals surface area contributed by atoms with E-state index in [4.69, 9.17) is 5.73 Å². The highest BCUT2D eigenvalue weighted by molar-refractivity contribution is 5.98. The second-order valence-electron chi connectivity index (χ2n) is 6.92. The molecule has 0 spiro atoms. The van der Waals surface area contributed by atoms with Gasteiger partial charge in [0.1, 0.15) is 5.82 Å². The zero-order valence-corrected chi connectivity index (χ0v) is 15.1. The van der Waals surface area contributed by atoms with Crippen LogP contribution >= 0.6 is 0 Å². The van der Waals surface area contributed by atoms with Crippen LogP contribution in [0.1, 0.15) is 45.2 Å². The molecule has 1 fully saturated rings. The molecule has 0 bridgehead atoms. The lowest BCUT2D eigenvalue weighted by Crippen LogP contribution is -2.38. The smallest absolute Gasteiger partial charge is 0.253 e. The van der Waals surface area contributed by atoms with E-state index in [0.29, 0.717) is 53.7 Å². The number of primary amides is 1. The van der Waals surface area contributed by atoms with Crippen molar-refractivity contribution in [3.63, 3.8) is 0 Å². The quantitative estimate of drug-likeness (QED) is 0.759. The molecule has 3 heterocycles. The number of halogens is 1. The van der Waals surface area contributed by atoms with E-state index in [1.807, 2.05) is 0 Å². The Morgan fingerprint density at radius 1 is 1.07 bits per heavy atom. The molecule has 4 rings (SSSR count). The standard InChI is InChI=1S/C21H19FN4O2/c22-16-1-2-18-15(11-16)12-17(20(23)27)19(25-18)13-5-9-26(10-6-13)21(28)14-3-7-24-8-4-14/h1-4,7-8,11-13H,5-6,9-10H2,(H2,23,27). The number of carbonyl (C=O) groups excluding carboxylic acids is 2. The van der Waals surface area contributed by atoms with E-state index >= 15 is 0 Å². The summed E-state index contributed by atoms with van der Waals surface area (Å²) in [5.74, 6) is -0.985. The van der Waals surface area contributed by atoms with Gasteiger partial charge >= 0.3 is 0 Å². The third kappa shape index (κ3) is 3.43. The number of piperidine rings is 1. The highest BCUT2D eigenvalue weighted by atomic mass is 19.1. The van der Waals surface area contributed by atoms with Gasteiger partial charge in [0.25, 0.3) is 11.8 Å². The van der Waals surface area contributed by atoms with E-state index in [-0.39, 0.29) is 17.6 Å². The van der Waals surface area contributed by atoms with Crippen LogP contribution in [0.3, 0.4) is 0 Å². The van der Waals surface area contributed by atoms with Crippen LogP contribution in [-0.2, 0) is 0 Å². The van der Waals surface area contributed by atoms with E-state index in [1.165, 1.54) is 12.1 Å². The summed E-state index contributed by atoms with van der Waals surface area (Å²) in [6.45, 7) is 1.13. The Balaban J connectivity index is 1.58. The molecule has 2 aromatic heterocycles. The number of hydrogen-bond acceptors (Lipinski definition) is 4. The van der Waals surface area contributed by atoms with Gasteiger partial charge in [0.2, 0.25) is 0 Å². The molecule has 0 unspecified atom stereocenters. The number of nitrogens with zero attached hydrogens (tertiary/aromatic N) is 3. The van der Waals surface area contributed by atoms with Gasteiger partial charge in [-0.1, -0.05) is 0 Å². The van der Waals surface area contributed by atoms with Crippen LogP contribution in [0.5, 0.6) is 0 Å². The highest BCUT2D eigenvalue weighted by Gasteiger charge is 2.28. The Kier molecular flexibility index (Phi) is 4.73. The molecule has 7 heteroatoms. The number of amides is 2. The molecule has 6 nitrogen and oxygen atoms in total. The summed E-state index contributed by atoms with van der Waals surface area (Å²) in [5.41, 5.74) is 7.73. The molecule has 1 aromatic carbocycles. The molecule has 2 amide bonds. The maximum Gasteiger partial charge on any atom is 0.253 e. The first-order valence-corrected chi connectivity index (χ1v) is 9.12. The molecule has 142 valence electrons. The van der Waals surface area contributed by atoms with Crippen LogP contribution in [0.25, 0.3) is 10.9 Å². The average molecular weight is 378 g/mol. The van der Waals surface area contributed by atoms with Crippen molar-refractivity contribution < 1.29 is 14.0 Å². The third-order valence-corrected chi connectivity index (χ3v) is 5.17. The van der Waals surface area contributed by atoms with E-state index in [2.05, 4.69) is 9.97 Å². The maximum atomic E-state index is 13.5. The number of fused-ring (bicyclic) bond motifs is 1. The molecule has 0 saturated carbocycles. The van der Waals surface area contributed by atoms with Gasteiger partial charge in [-0.2, -0.15) is 0 Å². The van der Waals surface area contributed by atoms with Crippen molar-refractivity contribution in [1.82, 2.24) is 14.9 Å². The van der Waals surface area contributed by atoms with E-state index in [1.54, 1.807) is 41.6 Å². The maximum absolute atomic E-state index is 13.5. The second-order valence-corrected chi connectivity index (χ2v) is 6.92. The molecule has 0 radical (unpaired) electrons. The summed E-state index contributed by atoms with van der Waals surface area (Å²) in [6.07, 6.45) is 4.55. The van der Waals surface area contributed by atoms with Crippen molar-refractivity contribution in [3.05, 3.63) is 71.4 Å². The fourth-order valence-corrected chi connectivity index (χ4v) is 3.70. The van der Waals surface area contributed by atoms with Gasteiger partial charge < -0.3 is 10.6 Å². The van der Waals surface area contributed by atoms with Gasteiger partial charge in [-0.05, 0) is 49.2 Å². The normalized spacial score (nSPS) is 15.0. The first-order valence-electron chi connectivity index (χ1n) is 9.12. The van der Waals surface area contributed by atoms with Crippen LogP contribution in [0.4, 0.5) is 4.39 Å². The van der Waals surface area contributed by atoms with Crippen LogP contribution in [-0.4, -0.2) is 39.8 Å². The first-order chi connectivity index (χ1) is 13.5. The summed E-state index contributed by atoms with van der Waals surface area (Å²) in [6, 6.07) is 9.29. The summed E-state index contributed by atoms with van der Waals surface area (Å²) in [7, 11) is 0. The van der Waals surface area contributed by atoms with Gasteiger partial charge in [-0.3, -0.25) is 19.6 Å².